The molecule has 0 bridgehead atoms. The Morgan fingerprint density at radius 1 is 0.411 bits per heavy atom. The number of hydrogen-bond acceptors (Lipinski definition) is 2. The van der Waals surface area contributed by atoms with Crippen LogP contribution in [0.4, 0.5) is 0 Å². The summed E-state index contributed by atoms with van der Waals surface area (Å²) in [7, 11) is 0. The van der Waals surface area contributed by atoms with E-state index in [0.29, 0.717) is 0 Å². The predicted octanol–water partition coefficient (Wildman–Crippen LogP) is 7.65. The maximum atomic E-state index is 4.93. The Morgan fingerprint density at radius 3 is 1.39 bits per heavy atom. The summed E-state index contributed by atoms with van der Waals surface area (Å²) in [4.78, 5) is 9.24. The number of benzene rings is 6. The average molecular weight is 897 g/mol. The zero-order valence-electron chi connectivity index (χ0n) is 32.5. The molecule has 2 nitrogen and oxygen atoms in total. The fourth-order valence-corrected chi connectivity index (χ4v) is 8.39. The molecule has 6 aromatic carbocycles. The molecular weight excluding hydrogens is 854 g/mol. The van der Waals surface area contributed by atoms with Crippen LogP contribution in [-0.2, 0) is 20.1 Å². The minimum absolute atomic E-state index is 0. The molecule has 5 heteroatoms. The van der Waals surface area contributed by atoms with Crippen LogP contribution in [0.25, 0.3) is 33.6 Å². The minimum Gasteiger partial charge on any atom is -0.304 e. The molecule has 0 aliphatic carbocycles. The molecule has 0 amide bonds. The summed E-state index contributed by atoms with van der Waals surface area (Å²) in [6, 6.07) is 60.2. The SMILES string of the molecule is Cc1ccc(-c2[c-]cccc2)nc1.Cc1cccc(C)c1B1c2ccccc2B(c2c(C)cccc2C)c2c1cccc2-c1ccc(-c2[c-]cccc2)nc1.[Ir]. The first kappa shape index (κ1) is 38.7. The van der Waals surface area contributed by atoms with Crippen molar-refractivity contribution in [1.29, 1.82) is 0 Å². The smallest absolute Gasteiger partial charge is 0.241 e. The first-order chi connectivity index (χ1) is 26.9. The van der Waals surface area contributed by atoms with E-state index in [0.717, 1.165) is 28.1 Å². The van der Waals surface area contributed by atoms with Gasteiger partial charge in [-0.25, -0.2) is 0 Å². The Bertz CT molecular complexity index is 2550. The monoisotopic (exact) mass is 897 g/mol. The van der Waals surface area contributed by atoms with E-state index in [1.807, 2.05) is 67.8 Å². The Balaban J connectivity index is 0.000000291. The van der Waals surface area contributed by atoms with Crippen LogP contribution in [0.2, 0.25) is 0 Å². The van der Waals surface area contributed by atoms with E-state index in [1.54, 1.807) is 0 Å². The van der Waals surface area contributed by atoms with Crippen LogP contribution >= 0.6 is 0 Å². The number of aromatic nitrogens is 2. The third-order valence-corrected chi connectivity index (χ3v) is 11.0. The molecule has 1 radical (unpaired) electrons. The third kappa shape index (κ3) is 7.63. The minimum atomic E-state index is 0. The Kier molecular flexibility index (Phi) is 11.8. The molecule has 1 aliphatic rings. The van der Waals surface area contributed by atoms with Crippen molar-refractivity contribution in [3.8, 4) is 33.6 Å². The topological polar surface area (TPSA) is 25.8 Å². The van der Waals surface area contributed by atoms with Gasteiger partial charge in [0, 0.05) is 32.5 Å². The van der Waals surface area contributed by atoms with Gasteiger partial charge in [0.15, 0.2) is 0 Å². The zero-order valence-corrected chi connectivity index (χ0v) is 34.9. The number of hydrogen-bond donors (Lipinski definition) is 0. The van der Waals surface area contributed by atoms with Gasteiger partial charge in [-0.2, -0.15) is 0 Å². The van der Waals surface area contributed by atoms with Crippen LogP contribution in [-0.4, -0.2) is 23.4 Å². The Hall–Kier alpha value is -5.60. The second-order valence-electron chi connectivity index (χ2n) is 14.6. The van der Waals surface area contributed by atoms with Crippen molar-refractivity contribution in [3.05, 3.63) is 204 Å². The van der Waals surface area contributed by atoms with Gasteiger partial charge in [0.2, 0.25) is 13.4 Å². The van der Waals surface area contributed by atoms with Crippen LogP contribution in [0.3, 0.4) is 0 Å². The van der Waals surface area contributed by atoms with Gasteiger partial charge < -0.3 is 9.97 Å². The van der Waals surface area contributed by atoms with Crippen LogP contribution < -0.4 is 32.8 Å². The van der Waals surface area contributed by atoms with Gasteiger partial charge in [-0.05, 0) is 62.7 Å². The summed E-state index contributed by atoms with van der Waals surface area (Å²) in [6.45, 7) is 11.4. The first-order valence-corrected chi connectivity index (χ1v) is 19.1. The molecule has 8 aromatic rings. The Labute approximate surface area is 346 Å². The molecule has 273 valence electrons. The molecule has 0 atom stereocenters. The van der Waals surface area contributed by atoms with Gasteiger partial charge in [-0.15, -0.1) is 71.8 Å². The maximum Gasteiger partial charge on any atom is 0.241 e. The fourth-order valence-electron chi connectivity index (χ4n) is 8.39. The summed E-state index contributed by atoms with van der Waals surface area (Å²) >= 11 is 0. The van der Waals surface area contributed by atoms with E-state index in [9.17, 15) is 0 Å². The summed E-state index contributed by atoms with van der Waals surface area (Å²) in [6.07, 6.45) is 3.91. The van der Waals surface area contributed by atoms with Gasteiger partial charge in [-0.3, -0.25) is 0 Å². The van der Waals surface area contributed by atoms with Gasteiger partial charge in [0.25, 0.3) is 0 Å². The van der Waals surface area contributed by atoms with Crippen molar-refractivity contribution >= 4 is 46.2 Å². The van der Waals surface area contributed by atoms with Crippen molar-refractivity contribution < 1.29 is 20.1 Å². The number of rotatable bonds is 5. The summed E-state index contributed by atoms with van der Waals surface area (Å²) in [5.41, 5.74) is 21.3. The van der Waals surface area contributed by atoms with Crippen molar-refractivity contribution in [2.24, 2.45) is 0 Å². The van der Waals surface area contributed by atoms with Crippen molar-refractivity contribution in [2.45, 2.75) is 34.6 Å². The van der Waals surface area contributed by atoms with E-state index in [-0.39, 0.29) is 33.5 Å². The molecule has 0 saturated carbocycles. The quantitative estimate of drug-likeness (QED) is 0.131. The van der Waals surface area contributed by atoms with Crippen LogP contribution in [0.15, 0.2) is 164 Å². The molecule has 0 fully saturated rings. The molecular formula is C51H42B2IrN2-2. The third-order valence-electron chi connectivity index (χ3n) is 11.0. The number of fused-ring (bicyclic) bond motifs is 2. The summed E-state index contributed by atoms with van der Waals surface area (Å²) in [5, 5.41) is 0. The Morgan fingerprint density at radius 2 is 0.893 bits per heavy atom. The number of pyridine rings is 2. The van der Waals surface area contributed by atoms with Gasteiger partial charge in [0.05, 0.1) is 0 Å². The molecule has 1 aliphatic heterocycles. The van der Waals surface area contributed by atoms with E-state index in [4.69, 9.17) is 4.98 Å². The van der Waals surface area contributed by atoms with Gasteiger partial charge in [0.1, 0.15) is 0 Å². The molecule has 56 heavy (non-hydrogen) atoms. The zero-order chi connectivity index (χ0) is 37.9. The largest absolute Gasteiger partial charge is 0.304 e. The van der Waals surface area contributed by atoms with E-state index in [1.165, 1.54) is 66.2 Å². The van der Waals surface area contributed by atoms with Crippen molar-refractivity contribution in [3.63, 3.8) is 0 Å². The molecule has 9 rings (SSSR count). The van der Waals surface area contributed by atoms with Crippen LogP contribution in [0.1, 0.15) is 27.8 Å². The van der Waals surface area contributed by atoms with Crippen LogP contribution in [0.5, 0.6) is 0 Å². The number of aryl methyl sites for hydroxylation is 5. The van der Waals surface area contributed by atoms with E-state index in [2.05, 4.69) is 148 Å². The molecule has 3 heterocycles. The van der Waals surface area contributed by atoms with E-state index < -0.39 is 0 Å². The second-order valence-corrected chi connectivity index (χ2v) is 14.6. The van der Waals surface area contributed by atoms with Crippen molar-refractivity contribution in [2.75, 3.05) is 0 Å². The van der Waals surface area contributed by atoms with Crippen molar-refractivity contribution in [1.82, 2.24) is 9.97 Å². The van der Waals surface area contributed by atoms with E-state index >= 15 is 0 Å². The normalized spacial score (nSPS) is 11.4. The first-order valence-electron chi connectivity index (χ1n) is 19.1. The molecule has 0 N–H and O–H groups in total. The number of nitrogens with zero attached hydrogens (tertiary/aromatic N) is 2. The van der Waals surface area contributed by atoms with Gasteiger partial charge in [-0.1, -0.05) is 158 Å². The molecule has 0 spiro atoms. The summed E-state index contributed by atoms with van der Waals surface area (Å²) < 4.78 is 0. The predicted molar refractivity (Wildman–Crippen MR) is 235 cm³/mol. The van der Waals surface area contributed by atoms with Gasteiger partial charge >= 0.3 is 0 Å². The average Bonchev–Trinajstić information content (AvgIpc) is 3.22. The van der Waals surface area contributed by atoms with Crippen LogP contribution in [0, 0.1) is 46.8 Å². The molecule has 0 unspecified atom stereocenters. The summed E-state index contributed by atoms with van der Waals surface area (Å²) in [5.74, 6) is 0. The standard InChI is InChI=1S/C39H32B2N.C12H10N.Ir/c1-26-13-10-14-27(2)37(26)40-33-20-8-9-21-34(33)41(38-28(3)15-11-16-29(38)4)39-32(19-12-22-35(39)40)31-23-24-36(42-25-31)30-17-6-5-7-18-30;1-10-7-8-12(13-9-10)11-5-3-2-4-6-11;/h5-17,19-25H,1-4H3;2-5,7-9H,1H3;/q2*-1;. The fraction of sp³-hybridized carbons (Fsp3) is 0.0980. The molecule has 0 saturated heterocycles. The maximum absolute atomic E-state index is 4.93. The second kappa shape index (κ2) is 17.0. The molecule has 2 aromatic heterocycles.